The van der Waals surface area contributed by atoms with Gasteiger partial charge in [0.25, 0.3) is 5.56 Å². The van der Waals surface area contributed by atoms with Crippen LogP contribution in [0.5, 0.6) is 0 Å². The highest BCUT2D eigenvalue weighted by molar-refractivity contribution is 6.32. The Hall–Kier alpha value is -4.05. The van der Waals surface area contributed by atoms with E-state index in [2.05, 4.69) is 20.9 Å². The van der Waals surface area contributed by atoms with Gasteiger partial charge in [0.2, 0.25) is 0 Å². The van der Waals surface area contributed by atoms with Crippen LogP contribution in [0.15, 0.2) is 53.6 Å². The fourth-order valence-electron chi connectivity index (χ4n) is 3.81. The molecule has 0 radical (unpaired) electrons. The second-order valence-corrected chi connectivity index (χ2v) is 8.65. The molecule has 0 atom stereocenters. The fourth-order valence-corrected chi connectivity index (χ4v) is 4.05. The highest BCUT2D eigenvalue weighted by Crippen LogP contribution is 2.30. The molecule has 2 amide bonds. The summed E-state index contributed by atoms with van der Waals surface area (Å²) in [6, 6.07) is 6.13. The van der Waals surface area contributed by atoms with E-state index in [0.717, 1.165) is 18.2 Å². The van der Waals surface area contributed by atoms with E-state index in [9.17, 15) is 22.8 Å². The number of carbonyl (C=O) groups excluding carboxylic acids is 1. The first-order valence-electron chi connectivity index (χ1n) is 10.8. The highest BCUT2D eigenvalue weighted by atomic mass is 35.5. The van der Waals surface area contributed by atoms with Gasteiger partial charge in [-0.05, 0) is 41.6 Å². The van der Waals surface area contributed by atoms with Gasteiger partial charge in [0.1, 0.15) is 11.6 Å². The van der Waals surface area contributed by atoms with Gasteiger partial charge in [-0.3, -0.25) is 9.36 Å². The van der Waals surface area contributed by atoms with Crippen molar-refractivity contribution in [2.24, 2.45) is 0 Å². The van der Waals surface area contributed by atoms with Gasteiger partial charge in [0, 0.05) is 30.4 Å². The zero-order chi connectivity index (χ0) is 26.1. The lowest BCUT2D eigenvalue weighted by Crippen LogP contribution is -2.24. The molecule has 2 aromatic heterocycles. The van der Waals surface area contributed by atoms with Gasteiger partial charge < -0.3 is 16.0 Å². The first-order valence-corrected chi connectivity index (χ1v) is 11.2. The number of pyridine rings is 2. The summed E-state index contributed by atoms with van der Waals surface area (Å²) in [6.07, 6.45) is 3.13. The Morgan fingerprint density at radius 3 is 2.47 bits per heavy atom. The molecular formula is C25H21ClF3N5O2. The van der Waals surface area contributed by atoms with E-state index >= 15 is 0 Å². The lowest BCUT2D eigenvalue weighted by molar-refractivity contribution is 0.262. The smallest absolute Gasteiger partial charge is 0.323 e. The lowest BCUT2D eigenvalue weighted by atomic mass is 9.99. The van der Waals surface area contributed by atoms with E-state index in [-0.39, 0.29) is 27.9 Å². The van der Waals surface area contributed by atoms with Crippen LogP contribution < -0.4 is 21.5 Å². The Balaban J connectivity index is 1.78. The van der Waals surface area contributed by atoms with Crippen molar-refractivity contribution in [3.8, 4) is 5.69 Å². The number of nitrogens with one attached hydrogen (secondary N) is 3. The van der Waals surface area contributed by atoms with E-state index in [0.29, 0.717) is 22.2 Å². The highest BCUT2D eigenvalue weighted by Gasteiger charge is 2.19. The molecule has 4 rings (SSSR count). The molecule has 11 heteroatoms. The molecule has 3 N–H and O–H groups in total. The van der Waals surface area contributed by atoms with Crippen molar-refractivity contribution in [2.45, 2.75) is 19.8 Å². The van der Waals surface area contributed by atoms with Gasteiger partial charge in [-0.1, -0.05) is 31.5 Å². The molecule has 7 nitrogen and oxygen atoms in total. The van der Waals surface area contributed by atoms with Gasteiger partial charge >= 0.3 is 6.03 Å². The summed E-state index contributed by atoms with van der Waals surface area (Å²) in [4.78, 5) is 30.2. The van der Waals surface area contributed by atoms with Crippen LogP contribution in [-0.2, 0) is 0 Å². The predicted octanol–water partition coefficient (Wildman–Crippen LogP) is 6.27. The minimum atomic E-state index is -1.26. The van der Waals surface area contributed by atoms with Crippen LogP contribution in [0.4, 0.5) is 35.2 Å². The summed E-state index contributed by atoms with van der Waals surface area (Å²) >= 11 is 6.30. The van der Waals surface area contributed by atoms with Crippen molar-refractivity contribution in [1.82, 2.24) is 9.55 Å². The molecule has 0 fully saturated rings. The first kappa shape index (κ1) is 25.1. The third-order valence-corrected chi connectivity index (χ3v) is 5.82. The van der Waals surface area contributed by atoms with E-state index in [4.69, 9.17) is 11.6 Å². The van der Waals surface area contributed by atoms with Crippen molar-refractivity contribution in [2.75, 3.05) is 23.0 Å². The molecule has 0 unspecified atom stereocenters. The van der Waals surface area contributed by atoms with Crippen molar-refractivity contribution in [3.05, 3.63) is 87.2 Å². The van der Waals surface area contributed by atoms with Crippen molar-refractivity contribution >= 4 is 45.6 Å². The molecule has 0 saturated carbocycles. The van der Waals surface area contributed by atoms with E-state index < -0.39 is 29.2 Å². The average Bonchev–Trinajstić information content (AvgIpc) is 2.83. The van der Waals surface area contributed by atoms with Crippen molar-refractivity contribution in [1.29, 1.82) is 0 Å². The minimum Gasteiger partial charge on any atom is -0.373 e. The fraction of sp³-hybridized carbons (Fsp3) is 0.160. The molecular weight excluding hydrogens is 495 g/mol. The molecule has 0 saturated heterocycles. The number of hydrogen-bond donors (Lipinski definition) is 3. The Labute approximate surface area is 208 Å². The monoisotopic (exact) mass is 515 g/mol. The van der Waals surface area contributed by atoms with Crippen LogP contribution in [0, 0.1) is 17.5 Å². The summed E-state index contributed by atoms with van der Waals surface area (Å²) in [6.45, 7) is 3.74. The predicted molar refractivity (Wildman–Crippen MR) is 135 cm³/mol. The number of urea groups is 1. The van der Waals surface area contributed by atoms with Crippen LogP contribution >= 0.6 is 11.6 Å². The van der Waals surface area contributed by atoms with Crippen LogP contribution in [0.25, 0.3) is 16.5 Å². The third kappa shape index (κ3) is 4.72. The molecule has 0 bridgehead atoms. The number of aromatic nitrogens is 2. The standard InChI is InChI=1S/C25H21ClF3N5O2/c1-12(2)22-14-7-21(30-3)31-10-13(14)11-34(24(22)35)20-9-19(17(28)8-15(20)26)33-25(36)32-18-6-4-5-16(27)23(18)29/h4-12,30H,1-3H3,(H2,32,33,36). The topological polar surface area (TPSA) is 88.0 Å². The molecule has 4 aromatic rings. The maximum absolute atomic E-state index is 14.7. The summed E-state index contributed by atoms with van der Waals surface area (Å²) in [5, 5.41) is 8.58. The average molecular weight is 516 g/mol. The van der Waals surface area contributed by atoms with Crippen LogP contribution in [0.2, 0.25) is 5.02 Å². The SMILES string of the molecule is CNc1cc2c(C(C)C)c(=O)n(-c3cc(NC(=O)Nc4cccc(F)c4F)c(F)cc3Cl)cc2cn1. The molecule has 2 heterocycles. The normalized spacial score (nSPS) is 11.1. The Kier molecular flexibility index (Phi) is 6.89. The summed E-state index contributed by atoms with van der Waals surface area (Å²) in [7, 11) is 1.72. The summed E-state index contributed by atoms with van der Waals surface area (Å²) in [5.74, 6) is -2.88. The zero-order valence-electron chi connectivity index (χ0n) is 19.4. The van der Waals surface area contributed by atoms with E-state index in [1.165, 1.54) is 22.9 Å². The quantitative estimate of drug-likeness (QED) is 0.292. The third-order valence-electron chi connectivity index (χ3n) is 5.52. The van der Waals surface area contributed by atoms with Crippen LogP contribution in [0.3, 0.4) is 0 Å². The number of rotatable bonds is 5. The summed E-state index contributed by atoms with van der Waals surface area (Å²) < 4.78 is 43.2. The molecule has 0 aliphatic heterocycles. The second-order valence-electron chi connectivity index (χ2n) is 8.24. The number of carbonyl (C=O) groups is 1. The number of amides is 2. The number of anilines is 3. The minimum absolute atomic E-state index is 0.0782. The molecule has 0 aliphatic rings. The van der Waals surface area contributed by atoms with Gasteiger partial charge in [0.15, 0.2) is 11.6 Å². The first-order chi connectivity index (χ1) is 17.1. The number of hydrogen-bond acceptors (Lipinski definition) is 4. The Morgan fingerprint density at radius 1 is 1.06 bits per heavy atom. The molecule has 36 heavy (non-hydrogen) atoms. The largest absolute Gasteiger partial charge is 0.373 e. The maximum atomic E-state index is 14.7. The molecule has 0 spiro atoms. The Morgan fingerprint density at radius 2 is 1.78 bits per heavy atom. The zero-order valence-corrected chi connectivity index (χ0v) is 20.2. The lowest BCUT2D eigenvalue weighted by Gasteiger charge is -2.17. The molecule has 2 aromatic carbocycles. The Bertz CT molecular complexity index is 1560. The molecule has 186 valence electrons. The van der Waals surface area contributed by atoms with Crippen molar-refractivity contribution < 1.29 is 18.0 Å². The van der Waals surface area contributed by atoms with Crippen molar-refractivity contribution in [3.63, 3.8) is 0 Å². The maximum Gasteiger partial charge on any atom is 0.323 e. The summed E-state index contributed by atoms with van der Waals surface area (Å²) in [5.41, 5.74) is -0.526. The second kappa shape index (κ2) is 9.90. The number of nitrogens with zero attached hydrogens (tertiary/aromatic N) is 2. The van der Waals surface area contributed by atoms with Gasteiger partial charge in [-0.15, -0.1) is 0 Å². The van der Waals surface area contributed by atoms with Gasteiger partial charge in [-0.2, -0.15) is 0 Å². The molecule has 0 aliphatic carbocycles. The van der Waals surface area contributed by atoms with E-state index in [1.54, 1.807) is 19.3 Å². The van der Waals surface area contributed by atoms with Crippen LogP contribution in [-0.4, -0.2) is 22.6 Å². The van der Waals surface area contributed by atoms with Gasteiger partial charge in [0.05, 0.1) is 22.1 Å². The van der Waals surface area contributed by atoms with Gasteiger partial charge in [-0.25, -0.2) is 22.9 Å². The number of halogens is 4. The van der Waals surface area contributed by atoms with Crippen LogP contribution in [0.1, 0.15) is 25.3 Å². The van der Waals surface area contributed by atoms with E-state index in [1.807, 2.05) is 13.8 Å². The number of fused-ring (bicyclic) bond motifs is 1. The number of benzene rings is 2.